The molecule has 1 aromatic carbocycles. The van der Waals surface area contributed by atoms with Gasteiger partial charge in [0.25, 0.3) is 0 Å². The number of nitrogens with zero attached hydrogens (tertiary/aromatic N) is 2. The number of hydrogen-bond donors (Lipinski definition) is 0. The van der Waals surface area contributed by atoms with E-state index in [0.29, 0.717) is 4.90 Å². The summed E-state index contributed by atoms with van der Waals surface area (Å²) in [4.78, 5) is 4.99. The number of aromatic nitrogens is 1. The van der Waals surface area contributed by atoms with E-state index in [1.54, 1.807) is 12.1 Å². The number of fused-ring (bicyclic) bond motifs is 1. The molecule has 4 nitrogen and oxygen atoms in total. The number of aryl methyl sites for hydroxylation is 2. The molecule has 0 N–H and O–H groups in total. The van der Waals surface area contributed by atoms with Gasteiger partial charge in [-0.25, -0.2) is 12.7 Å². The Morgan fingerprint density at radius 1 is 1.00 bits per heavy atom. The molecule has 1 heterocycles. The van der Waals surface area contributed by atoms with Crippen LogP contribution in [-0.4, -0.2) is 31.8 Å². The largest absolute Gasteiger partial charge is 0.253 e. The molecule has 0 unspecified atom stereocenters. The van der Waals surface area contributed by atoms with Crippen LogP contribution in [0.3, 0.4) is 0 Å². The van der Waals surface area contributed by atoms with E-state index in [2.05, 4.69) is 6.07 Å². The lowest BCUT2D eigenvalue weighted by atomic mass is 10.1. The third kappa shape index (κ3) is 2.59. The summed E-state index contributed by atoms with van der Waals surface area (Å²) in [5, 5.41) is 0. The summed E-state index contributed by atoms with van der Waals surface area (Å²) in [6.45, 7) is 0. The maximum Gasteiger partial charge on any atom is 0.242 e. The molecule has 1 aliphatic rings. The zero-order chi connectivity index (χ0) is 15.0. The Bertz CT molecular complexity index is 765. The fourth-order valence-electron chi connectivity index (χ4n) is 2.59. The van der Waals surface area contributed by atoms with Gasteiger partial charge in [-0.05, 0) is 43.0 Å². The lowest BCUT2D eigenvalue weighted by Crippen LogP contribution is -2.22. The first-order valence-electron chi connectivity index (χ1n) is 7.00. The highest BCUT2D eigenvalue weighted by Gasteiger charge is 2.17. The molecule has 1 aromatic heterocycles. The van der Waals surface area contributed by atoms with Crippen LogP contribution in [0.25, 0.3) is 11.3 Å². The minimum Gasteiger partial charge on any atom is -0.253 e. The molecular formula is C16H18N2O2S. The minimum absolute atomic E-state index is 0.303. The van der Waals surface area contributed by atoms with E-state index in [9.17, 15) is 8.42 Å². The molecule has 0 saturated heterocycles. The Morgan fingerprint density at radius 2 is 1.71 bits per heavy atom. The number of pyridine rings is 1. The topological polar surface area (TPSA) is 50.3 Å². The summed E-state index contributed by atoms with van der Waals surface area (Å²) >= 11 is 0. The van der Waals surface area contributed by atoms with Gasteiger partial charge in [-0.1, -0.05) is 18.2 Å². The summed E-state index contributed by atoms with van der Waals surface area (Å²) in [6, 6.07) is 11.1. The molecule has 110 valence electrons. The molecule has 0 atom stereocenters. The van der Waals surface area contributed by atoms with Crippen molar-refractivity contribution in [3.63, 3.8) is 0 Å². The third-order valence-corrected chi connectivity index (χ3v) is 5.69. The van der Waals surface area contributed by atoms with Gasteiger partial charge in [-0.3, -0.25) is 4.98 Å². The van der Waals surface area contributed by atoms with Crippen molar-refractivity contribution in [2.45, 2.75) is 24.2 Å². The van der Waals surface area contributed by atoms with E-state index < -0.39 is 10.0 Å². The van der Waals surface area contributed by atoms with Gasteiger partial charge in [0.2, 0.25) is 10.0 Å². The molecule has 0 fully saturated rings. The standard InChI is InChI=1S/C16H18N2O2S/c1-18(2)21(19,20)14-9-6-13(7-10-14)16-11-8-12-4-3-5-15(12)17-16/h6-11H,3-5H2,1-2H3. The highest BCUT2D eigenvalue weighted by molar-refractivity contribution is 7.89. The smallest absolute Gasteiger partial charge is 0.242 e. The van der Waals surface area contributed by atoms with E-state index in [-0.39, 0.29) is 0 Å². The first-order valence-corrected chi connectivity index (χ1v) is 8.44. The van der Waals surface area contributed by atoms with Crippen LogP contribution in [0.1, 0.15) is 17.7 Å². The van der Waals surface area contributed by atoms with Crippen molar-refractivity contribution in [2.24, 2.45) is 0 Å². The Labute approximate surface area is 125 Å². The Balaban J connectivity index is 1.95. The van der Waals surface area contributed by atoms with Crippen LogP contribution in [-0.2, 0) is 22.9 Å². The second-order valence-corrected chi connectivity index (χ2v) is 7.62. The Kier molecular flexibility index (Phi) is 3.55. The van der Waals surface area contributed by atoms with E-state index in [1.165, 1.54) is 36.1 Å². The van der Waals surface area contributed by atoms with E-state index >= 15 is 0 Å². The van der Waals surface area contributed by atoms with Gasteiger partial charge in [0.15, 0.2) is 0 Å². The molecular weight excluding hydrogens is 284 g/mol. The van der Waals surface area contributed by atoms with E-state index in [1.807, 2.05) is 18.2 Å². The van der Waals surface area contributed by atoms with Crippen LogP contribution in [0, 0.1) is 0 Å². The van der Waals surface area contributed by atoms with Crippen molar-refractivity contribution < 1.29 is 8.42 Å². The van der Waals surface area contributed by atoms with Crippen LogP contribution < -0.4 is 0 Å². The zero-order valence-electron chi connectivity index (χ0n) is 12.2. The van der Waals surface area contributed by atoms with Crippen molar-refractivity contribution >= 4 is 10.0 Å². The van der Waals surface area contributed by atoms with E-state index in [0.717, 1.165) is 24.1 Å². The summed E-state index contributed by atoms with van der Waals surface area (Å²) in [5.41, 5.74) is 4.37. The molecule has 2 aromatic rings. The molecule has 0 bridgehead atoms. The van der Waals surface area contributed by atoms with Crippen LogP contribution in [0.15, 0.2) is 41.3 Å². The molecule has 0 amide bonds. The predicted octanol–water partition coefficient (Wildman–Crippen LogP) is 2.49. The summed E-state index contributed by atoms with van der Waals surface area (Å²) < 4.78 is 25.3. The van der Waals surface area contributed by atoms with Crippen molar-refractivity contribution in [3.8, 4) is 11.3 Å². The molecule has 0 aliphatic heterocycles. The van der Waals surface area contributed by atoms with Crippen LogP contribution in [0.2, 0.25) is 0 Å². The Hall–Kier alpha value is -1.72. The second kappa shape index (κ2) is 5.24. The van der Waals surface area contributed by atoms with Gasteiger partial charge in [0.1, 0.15) is 0 Å². The van der Waals surface area contributed by atoms with E-state index in [4.69, 9.17) is 4.98 Å². The average molecular weight is 302 g/mol. The predicted molar refractivity (Wildman–Crippen MR) is 82.6 cm³/mol. The van der Waals surface area contributed by atoms with Crippen molar-refractivity contribution in [3.05, 3.63) is 47.7 Å². The minimum atomic E-state index is -3.37. The van der Waals surface area contributed by atoms with Crippen molar-refractivity contribution in [1.82, 2.24) is 9.29 Å². The molecule has 0 radical (unpaired) electrons. The maximum absolute atomic E-state index is 12.0. The summed E-state index contributed by atoms with van der Waals surface area (Å²) in [6.07, 6.45) is 3.32. The van der Waals surface area contributed by atoms with Gasteiger partial charge in [0.05, 0.1) is 10.6 Å². The molecule has 21 heavy (non-hydrogen) atoms. The molecule has 0 saturated carbocycles. The molecule has 0 spiro atoms. The summed E-state index contributed by atoms with van der Waals surface area (Å²) in [5.74, 6) is 0. The van der Waals surface area contributed by atoms with Gasteiger partial charge in [0, 0.05) is 25.4 Å². The van der Waals surface area contributed by atoms with Crippen LogP contribution in [0.4, 0.5) is 0 Å². The Morgan fingerprint density at radius 3 is 2.38 bits per heavy atom. The van der Waals surface area contributed by atoms with Gasteiger partial charge in [-0.2, -0.15) is 0 Å². The van der Waals surface area contributed by atoms with Gasteiger partial charge in [-0.15, -0.1) is 0 Å². The highest BCUT2D eigenvalue weighted by atomic mass is 32.2. The monoisotopic (exact) mass is 302 g/mol. The average Bonchev–Trinajstić information content (AvgIpc) is 2.94. The zero-order valence-corrected chi connectivity index (χ0v) is 13.0. The highest BCUT2D eigenvalue weighted by Crippen LogP contribution is 2.25. The summed E-state index contributed by atoms with van der Waals surface area (Å²) in [7, 11) is -0.306. The quantitative estimate of drug-likeness (QED) is 0.875. The SMILES string of the molecule is CN(C)S(=O)(=O)c1ccc(-c2ccc3c(n2)CCC3)cc1. The molecule has 1 aliphatic carbocycles. The lowest BCUT2D eigenvalue weighted by Gasteiger charge is -2.11. The van der Waals surface area contributed by atoms with Crippen LogP contribution in [0.5, 0.6) is 0 Å². The number of hydrogen-bond acceptors (Lipinski definition) is 3. The molecule has 5 heteroatoms. The fourth-order valence-corrected chi connectivity index (χ4v) is 3.49. The lowest BCUT2D eigenvalue weighted by molar-refractivity contribution is 0.521. The first-order chi connectivity index (χ1) is 9.98. The van der Waals surface area contributed by atoms with Crippen molar-refractivity contribution in [1.29, 1.82) is 0 Å². The van der Waals surface area contributed by atoms with Gasteiger partial charge >= 0.3 is 0 Å². The maximum atomic E-state index is 12.0. The van der Waals surface area contributed by atoms with Gasteiger partial charge < -0.3 is 0 Å². The normalized spacial score (nSPS) is 14.4. The second-order valence-electron chi connectivity index (χ2n) is 5.47. The van der Waals surface area contributed by atoms with Crippen molar-refractivity contribution in [2.75, 3.05) is 14.1 Å². The first kappa shape index (κ1) is 14.2. The molecule has 3 rings (SSSR count). The van der Waals surface area contributed by atoms with Crippen LogP contribution >= 0.6 is 0 Å². The fraction of sp³-hybridized carbons (Fsp3) is 0.312. The number of sulfonamides is 1. The number of rotatable bonds is 3. The number of benzene rings is 1. The third-order valence-electron chi connectivity index (χ3n) is 3.86.